The van der Waals surface area contributed by atoms with E-state index < -0.39 is 12.0 Å². The van der Waals surface area contributed by atoms with Crippen LogP contribution >= 0.6 is 0 Å². The number of hydrogen-bond acceptors (Lipinski definition) is 3. The van der Waals surface area contributed by atoms with Crippen LogP contribution in [0.3, 0.4) is 0 Å². The second kappa shape index (κ2) is 4.59. The van der Waals surface area contributed by atoms with Crippen LogP contribution in [-0.2, 0) is 4.79 Å². The van der Waals surface area contributed by atoms with Crippen LogP contribution < -0.4 is 5.32 Å². The Hall–Kier alpha value is -1.85. The first-order valence-electron chi connectivity index (χ1n) is 4.62. The van der Waals surface area contributed by atoms with E-state index in [0.717, 1.165) is 0 Å². The summed E-state index contributed by atoms with van der Waals surface area (Å²) in [7, 11) is 0. The predicted molar refractivity (Wildman–Crippen MR) is 52.6 cm³/mol. The Bertz CT molecular complexity index is 372. The smallest absolute Gasteiger partial charge is 0.328 e. The Morgan fingerprint density at radius 3 is 2.87 bits per heavy atom. The van der Waals surface area contributed by atoms with Crippen LogP contribution in [0.4, 0.5) is 0 Å². The molecule has 1 atom stereocenters. The Morgan fingerprint density at radius 1 is 1.67 bits per heavy atom. The van der Waals surface area contributed by atoms with Gasteiger partial charge in [0.15, 0.2) is 0 Å². The van der Waals surface area contributed by atoms with Crippen LogP contribution in [0.15, 0.2) is 12.3 Å². The summed E-state index contributed by atoms with van der Waals surface area (Å²) in [6.07, 6.45) is 1.41. The number of carbonyl (C=O) groups is 2. The fourth-order valence-corrected chi connectivity index (χ4v) is 1.16. The monoisotopic (exact) mass is 211 g/mol. The molecular weight excluding hydrogens is 198 g/mol. The number of nitrogens with zero attached hydrogens (tertiary/aromatic N) is 2. The molecule has 0 aliphatic rings. The number of carbonyl (C=O) groups excluding carboxylic acids is 1. The van der Waals surface area contributed by atoms with E-state index in [0.29, 0.717) is 6.54 Å². The quantitative estimate of drug-likeness (QED) is 0.749. The molecule has 1 aromatic heterocycles. The van der Waals surface area contributed by atoms with Gasteiger partial charge >= 0.3 is 5.97 Å². The van der Waals surface area contributed by atoms with Gasteiger partial charge in [0.2, 0.25) is 0 Å². The first kappa shape index (κ1) is 11.2. The molecule has 2 N–H and O–H groups in total. The number of aliphatic carboxylic acids is 1. The van der Waals surface area contributed by atoms with Gasteiger partial charge in [0.25, 0.3) is 5.91 Å². The van der Waals surface area contributed by atoms with Gasteiger partial charge in [0.1, 0.15) is 11.7 Å². The second-order valence-corrected chi connectivity index (χ2v) is 3.03. The summed E-state index contributed by atoms with van der Waals surface area (Å²) < 4.78 is 1.19. The van der Waals surface area contributed by atoms with Crippen molar-refractivity contribution in [3.05, 3.63) is 18.0 Å². The van der Waals surface area contributed by atoms with E-state index in [9.17, 15) is 9.59 Å². The van der Waals surface area contributed by atoms with Crippen LogP contribution in [0.5, 0.6) is 0 Å². The van der Waals surface area contributed by atoms with Crippen molar-refractivity contribution >= 4 is 11.9 Å². The lowest BCUT2D eigenvalue weighted by Gasteiger charge is -2.10. The van der Waals surface area contributed by atoms with Crippen molar-refractivity contribution in [2.75, 3.05) is 6.54 Å². The Balaban J connectivity index is 2.96. The maximum atomic E-state index is 11.5. The van der Waals surface area contributed by atoms with Gasteiger partial charge < -0.3 is 10.4 Å². The van der Waals surface area contributed by atoms with E-state index in [-0.39, 0.29) is 11.6 Å². The molecule has 0 bridgehead atoms. The molecule has 0 spiro atoms. The largest absolute Gasteiger partial charge is 0.480 e. The highest BCUT2D eigenvalue weighted by Crippen LogP contribution is 2.08. The van der Waals surface area contributed by atoms with Gasteiger partial charge in [-0.25, -0.2) is 9.48 Å². The minimum absolute atomic E-state index is 0.256. The fourth-order valence-electron chi connectivity index (χ4n) is 1.16. The van der Waals surface area contributed by atoms with Gasteiger partial charge in [0, 0.05) is 12.7 Å². The van der Waals surface area contributed by atoms with E-state index in [1.807, 2.05) is 0 Å². The van der Waals surface area contributed by atoms with Crippen molar-refractivity contribution in [2.45, 2.75) is 19.9 Å². The van der Waals surface area contributed by atoms with Crippen LogP contribution in [0, 0.1) is 0 Å². The van der Waals surface area contributed by atoms with Gasteiger partial charge in [0.05, 0.1) is 0 Å². The van der Waals surface area contributed by atoms with Crippen molar-refractivity contribution in [1.29, 1.82) is 0 Å². The third kappa shape index (κ3) is 2.34. The zero-order valence-electron chi connectivity index (χ0n) is 8.60. The highest BCUT2D eigenvalue weighted by molar-refractivity contribution is 5.93. The molecule has 0 aliphatic carbocycles. The summed E-state index contributed by atoms with van der Waals surface area (Å²) in [5, 5.41) is 15.2. The zero-order valence-corrected chi connectivity index (χ0v) is 8.60. The lowest BCUT2D eigenvalue weighted by molar-refractivity contribution is -0.140. The third-order valence-electron chi connectivity index (χ3n) is 1.96. The Kier molecular flexibility index (Phi) is 3.43. The number of nitrogens with one attached hydrogen (secondary N) is 1. The van der Waals surface area contributed by atoms with E-state index in [1.165, 1.54) is 23.9 Å². The van der Waals surface area contributed by atoms with Gasteiger partial charge in [-0.15, -0.1) is 0 Å². The molecule has 1 unspecified atom stereocenters. The number of hydrogen-bond donors (Lipinski definition) is 2. The maximum absolute atomic E-state index is 11.5. The minimum atomic E-state index is -1.02. The molecular formula is C9H13N3O3. The number of carboxylic acid groups (broad SMARTS) is 1. The zero-order chi connectivity index (χ0) is 11.4. The number of rotatable bonds is 4. The normalized spacial score (nSPS) is 12.1. The molecule has 0 saturated heterocycles. The third-order valence-corrected chi connectivity index (χ3v) is 1.96. The van der Waals surface area contributed by atoms with E-state index in [2.05, 4.69) is 10.4 Å². The molecule has 1 rings (SSSR count). The Labute approximate surface area is 86.9 Å². The fraction of sp³-hybridized carbons (Fsp3) is 0.444. The highest BCUT2D eigenvalue weighted by Gasteiger charge is 2.20. The average molecular weight is 211 g/mol. The molecule has 6 nitrogen and oxygen atoms in total. The van der Waals surface area contributed by atoms with Gasteiger partial charge in [-0.1, -0.05) is 0 Å². The predicted octanol–water partition coefficient (Wildman–Crippen LogP) is 0.278. The van der Waals surface area contributed by atoms with Crippen LogP contribution in [-0.4, -0.2) is 33.3 Å². The van der Waals surface area contributed by atoms with E-state index >= 15 is 0 Å². The Morgan fingerprint density at radius 2 is 2.33 bits per heavy atom. The SMILES string of the molecule is CCNC(=O)c1ccnn1C(C)C(=O)O. The molecule has 82 valence electrons. The first-order valence-corrected chi connectivity index (χ1v) is 4.62. The summed E-state index contributed by atoms with van der Waals surface area (Å²) in [5.74, 6) is -1.34. The average Bonchev–Trinajstić information content (AvgIpc) is 2.65. The van der Waals surface area contributed by atoms with Crippen LogP contribution in [0.2, 0.25) is 0 Å². The van der Waals surface area contributed by atoms with E-state index in [1.54, 1.807) is 6.92 Å². The van der Waals surface area contributed by atoms with Gasteiger partial charge in [-0.3, -0.25) is 4.79 Å². The summed E-state index contributed by atoms with van der Waals surface area (Å²) in [6.45, 7) is 3.75. The molecule has 0 saturated carbocycles. The van der Waals surface area contributed by atoms with Crippen LogP contribution in [0.1, 0.15) is 30.4 Å². The number of carboxylic acids is 1. The summed E-state index contributed by atoms with van der Waals surface area (Å²) in [4.78, 5) is 22.2. The first-order chi connectivity index (χ1) is 7.07. The number of aromatic nitrogens is 2. The number of amides is 1. The van der Waals surface area contributed by atoms with E-state index in [4.69, 9.17) is 5.11 Å². The standard InChI is InChI=1S/C9H13N3O3/c1-3-10-8(13)7-4-5-11-12(7)6(2)9(14)15/h4-6H,3H2,1-2H3,(H,10,13)(H,14,15). The summed E-state index contributed by atoms with van der Waals surface area (Å²) >= 11 is 0. The lowest BCUT2D eigenvalue weighted by atomic mass is 10.3. The molecule has 0 fully saturated rings. The summed E-state index contributed by atoms with van der Waals surface area (Å²) in [5.41, 5.74) is 0.256. The molecule has 0 aliphatic heterocycles. The molecule has 0 aromatic carbocycles. The van der Waals surface area contributed by atoms with Crippen molar-refractivity contribution in [3.63, 3.8) is 0 Å². The second-order valence-electron chi connectivity index (χ2n) is 3.03. The molecule has 1 aromatic rings. The molecule has 15 heavy (non-hydrogen) atoms. The van der Waals surface area contributed by atoms with Crippen molar-refractivity contribution in [3.8, 4) is 0 Å². The lowest BCUT2D eigenvalue weighted by Crippen LogP contribution is -2.28. The molecule has 1 heterocycles. The topological polar surface area (TPSA) is 84.2 Å². The molecule has 1 amide bonds. The molecule has 6 heteroatoms. The maximum Gasteiger partial charge on any atom is 0.328 e. The highest BCUT2D eigenvalue weighted by atomic mass is 16.4. The summed E-state index contributed by atoms with van der Waals surface area (Å²) in [6, 6.07) is 0.641. The van der Waals surface area contributed by atoms with Crippen molar-refractivity contribution < 1.29 is 14.7 Å². The minimum Gasteiger partial charge on any atom is -0.480 e. The van der Waals surface area contributed by atoms with Crippen molar-refractivity contribution in [1.82, 2.24) is 15.1 Å². The van der Waals surface area contributed by atoms with Crippen molar-refractivity contribution in [2.24, 2.45) is 0 Å². The van der Waals surface area contributed by atoms with Crippen LogP contribution in [0.25, 0.3) is 0 Å². The van der Waals surface area contributed by atoms with Gasteiger partial charge in [-0.2, -0.15) is 5.10 Å². The molecule has 0 radical (unpaired) electrons. The van der Waals surface area contributed by atoms with Gasteiger partial charge in [-0.05, 0) is 19.9 Å².